The number of benzene rings is 2. The largest absolute Gasteiger partial charge is 0.481 e. The molecule has 186 valence electrons. The van der Waals surface area contributed by atoms with Gasteiger partial charge in [0.15, 0.2) is 17.1 Å². The highest BCUT2D eigenvalue weighted by Gasteiger charge is 2.17. The maximum Gasteiger partial charge on any atom is 0.261 e. The molecule has 10 heteroatoms. The summed E-state index contributed by atoms with van der Waals surface area (Å²) in [6.45, 7) is 8.01. The van der Waals surface area contributed by atoms with Gasteiger partial charge >= 0.3 is 0 Å². The maximum atomic E-state index is 12.5. The number of thioether (sulfide) groups is 1. The van der Waals surface area contributed by atoms with E-state index in [9.17, 15) is 9.59 Å². The molecule has 3 rings (SSSR count). The molecule has 2 N–H and O–H groups in total. The summed E-state index contributed by atoms with van der Waals surface area (Å²) in [6, 6.07) is 11.6. The van der Waals surface area contributed by atoms with Crippen molar-refractivity contribution < 1.29 is 14.3 Å². The van der Waals surface area contributed by atoms with Gasteiger partial charge in [-0.1, -0.05) is 30.8 Å². The number of amides is 2. The lowest BCUT2D eigenvalue weighted by Gasteiger charge is -2.15. The molecular weight excluding hydrogens is 530 g/mol. The highest BCUT2D eigenvalue weighted by atomic mass is 79.9. The van der Waals surface area contributed by atoms with Gasteiger partial charge in [-0.25, -0.2) is 0 Å². The zero-order chi connectivity index (χ0) is 25.5. The van der Waals surface area contributed by atoms with Crippen LogP contribution in [-0.4, -0.2) is 38.4 Å². The Kier molecular flexibility index (Phi) is 9.33. The van der Waals surface area contributed by atoms with Gasteiger partial charge in [0.05, 0.1) is 18.0 Å². The summed E-state index contributed by atoms with van der Waals surface area (Å²) < 4.78 is 8.33. The number of anilines is 1. The second-order valence-electron chi connectivity index (χ2n) is 8.19. The maximum absolute atomic E-state index is 12.5. The van der Waals surface area contributed by atoms with Crippen LogP contribution in [0.25, 0.3) is 0 Å². The first-order valence-corrected chi connectivity index (χ1v) is 13.1. The zero-order valence-electron chi connectivity index (χ0n) is 20.5. The summed E-state index contributed by atoms with van der Waals surface area (Å²) in [7, 11) is 1.80. The van der Waals surface area contributed by atoms with E-state index < -0.39 is 6.10 Å². The number of aromatic nitrogens is 3. The standard InChI is InChI=1S/C25H30BrN5O3S/c1-6-18-7-9-19(10-8-18)34-17(4)24(33)27-13-22-29-30-25(31(22)5)35-14-23(32)28-21-12-16(3)15(2)11-20(21)26/h7-12,17H,6,13-14H2,1-5H3,(H,27,33)(H,28,32)/t17-/m1/s1. The lowest BCUT2D eigenvalue weighted by atomic mass is 10.1. The number of aryl methyl sites for hydroxylation is 3. The Hall–Kier alpha value is -2.85. The van der Waals surface area contributed by atoms with Crippen molar-refractivity contribution >= 4 is 45.2 Å². The first kappa shape index (κ1) is 26.7. The first-order chi connectivity index (χ1) is 16.7. The molecule has 0 bridgehead atoms. The van der Waals surface area contributed by atoms with Crippen molar-refractivity contribution in [3.63, 3.8) is 0 Å². The molecule has 0 aliphatic carbocycles. The number of ether oxygens (including phenoxy) is 1. The number of carbonyl (C=O) groups is 2. The van der Waals surface area contributed by atoms with E-state index in [0.29, 0.717) is 16.7 Å². The van der Waals surface area contributed by atoms with Gasteiger partial charge < -0.3 is 19.9 Å². The van der Waals surface area contributed by atoms with Crippen LogP contribution in [-0.2, 0) is 29.6 Å². The number of halogens is 1. The molecule has 0 aliphatic heterocycles. The van der Waals surface area contributed by atoms with Crippen LogP contribution in [0, 0.1) is 13.8 Å². The van der Waals surface area contributed by atoms with Gasteiger partial charge in [0.2, 0.25) is 5.91 Å². The third kappa shape index (κ3) is 7.32. The Morgan fingerprint density at radius 3 is 2.51 bits per heavy atom. The van der Waals surface area contributed by atoms with Crippen LogP contribution < -0.4 is 15.4 Å². The monoisotopic (exact) mass is 559 g/mol. The van der Waals surface area contributed by atoms with Gasteiger partial charge in [-0.15, -0.1) is 10.2 Å². The van der Waals surface area contributed by atoms with E-state index in [1.165, 1.54) is 17.3 Å². The number of nitrogens with zero attached hydrogens (tertiary/aromatic N) is 3. The molecule has 0 saturated carbocycles. The van der Waals surface area contributed by atoms with Crippen molar-refractivity contribution in [1.29, 1.82) is 0 Å². The minimum Gasteiger partial charge on any atom is -0.481 e. The Balaban J connectivity index is 1.49. The summed E-state index contributed by atoms with van der Waals surface area (Å²) in [5.74, 6) is 1.01. The van der Waals surface area contributed by atoms with Gasteiger partial charge in [0, 0.05) is 11.5 Å². The summed E-state index contributed by atoms with van der Waals surface area (Å²) in [6.07, 6.45) is 0.293. The van der Waals surface area contributed by atoms with Gasteiger partial charge in [-0.05, 0) is 84.1 Å². The Labute approximate surface area is 218 Å². The Bertz CT molecular complexity index is 1200. The van der Waals surface area contributed by atoms with Crippen LogP contribution in [0.2, 0.25) is 0 Å². The van der Waals surface area contributed by atoms with E-state index in [1.54, 1.807) is 18.5 Å². The number of hydrogen-bond acceptors (Lipinski definition) is 6. The molecule has 1 atom stereocenters. The number of carbonyl (C=O) groups excluding carboxylic acids is 2. The van der Waals surface area contributed by atoms with E-state index >= 15 is 0 Å². The third-order valence-corrected chi connectivity index (χ3v) is 7.23. The molecule has 0 saturated heterocycles. The molecule has 0 aliphatic rings. The zero-order valence-corrected chi connectivity index (χ0v) is 22.9. The first-order valence-electron chi connectivity index (χ1n) is 11.3. The van der Waals surface area contributed by atoms with Crippen molar-refractivity contribution in [3.8, 4) is 5.75 Å². The summed E-state index contributed by atoms with van der Waals surface area (Å²) in [5.41, 5.74) is 4.19. The number of rotatable bonds is 10. The van der Waals surface area contributed by atoms with Crippen LogP contribution in [0.5, 0.6) is 5.75 Å². The van der Waals surface area contributed by atoms with E-state index in [2.05, 4.69) is 43.7 Å². The highest BCUT2D eigenvalue weighted by molar-refractivity contribution is 9.10. The lowest BCUT2D eigenvalue weighted by molar-refractivity contribution is -0.127. The van der Waals surface area contributed by atoms with Crippen molar-refractivity contribution in [1.82, 2.24) is 20.1 Å². The van der Waals surface area contributed by atoms with Gasteiger partial charge in [0.25, 0.3) is 5.91 Å². The van der Waals surface area contributed by atoms with Crippen LogP contribution in [0.1, 0.15) is 36.4 Å². The van der Waals surface area contributed by atoms with Crippen LogP contribution in [0.3, 0.4) is 0 Å². The quantitative estimate of drug-likeness (QED) is 0.353. The molecule has 2 amide bonds. The number of hydrogen-bond donors (Lipinski definition) is 2. The second kappa shape index (κ2) is 12.2. The molecule has 0 radical (unpaired) electrons. The molecule has 3 aromatic rings. The van der Waals surface area contributed by atoms with Gasteiger partial charge in [-0.3, -0.25) is 9.59 Å². The molecule has 0 unspecified atom stereocenters. The minimum atomic E-state index is -0.655. The molecular formula is C25H30BrN5O3S. The lowest BCUT2D eigenvalue weighted by Crippen LogP contribution is -2.36. The second-order valence-corrected chi connectivity index (χ2v) is 9.98. The molecule has 0 spiro atoms. The predicted octanol–water partition coefficient (Wildman–Crippen LogP) is 4.57. The fourth-order valence-corrected chi connectivity index (χ4v) is 4.48. The van der Waals surface area contributed by atoms with Gasteiger partial charge in [0.1, 0.15) is 5.75 Å². The fourth-order valence-electron chi connectivity index (χ4n) is 3.19. The molecule has 8 nitrogen and oxygen atoms in total. The molecule has 1 heterocycles. The fraction of sp³-hybridized carbons (Fsp3) is 0.360. The molecule has 1 aromatic heterocycles. The SMILES string of the molecule is CCc1ccc(O[C@H](C)C(=O)NCc2nnc(SCC(=O)Nc3cc(C)c(C)cc3Br)n2C)cc1. The van der Waals surface area contributed by atoms with Crippen molar-refractivity contribution in [2.75, 3.05) is 11.1 Å². The van der Waals surface area contributed by atoms with E-state index in [-0.39, 0.29) is 24.1 Å². The van der Waals surface area contributed by atoms with E-state index in [0.717, 1.165) is 27.7 Å². The van der Waals surface area contributed by atoms with E-state index in [1.807, 2.05) is 50.2 Å². The van der Waals surface area contributed by atoms with Crippen LogP contribution >= 0.6 is 27.7 Å². The predicted molar refractivity (Wildman–Crippen MR) is 142 cm³/mol. The summed E-state index contributed by atoms with van der Waals surface area (Å²) in [5, 5.41) is 14.6. The minimum absolute atomic E-state index is 0.144. The highest BCUT2D eigenvalue weighted by Crippen LogP contribution is 2.26. The third-order valence-electron chi connectivity index (χ3n) is 5.55. The molecule has 35 heavy (non-hydrogen) atoms. The summed E-state index contributed by atoms with van der Waals surface area (Å²) in [4.78, 5) is 24.9. The van der Waals surface area contributed by atoms with Crippen molar-refractivity contribution in [2.45, 2.75) is 51.9 Å². The van der Waals surface area contributed by atoms with E-state index in [4.69, 9.17) is 4.74 Å². The average Bonchev–Trinajstić information content (AvgIpc) is 3.19. The molecule has 2 aromatic carbocycles. The van der Waals surface area contributed by atoms with Crippen molar-refractivity contribution in [2.24, 2.45) is 7.05 Å². The van der Waals surface area contributed by atoms with Crippen LogP contribution in [0.4, 0.5) is 5.69 Å². The van der Waals surface area contributed by atoms with Gasteiger partial charge in [-0.2, -0.15) is 0 Å². The molecule has 0 fully saturated rings. The smallest absolute Gasteiger partial charge is 0.261 e. The normalized spacial score (nSPS) is 11.7. The topological polar surface area (TPSA) is 98.1 Å². The Morgan fingerprint density at radius 1 is 1.14 bits per heavy atom. The Morgan fingerprint density at radius 2 is 1.83 bits per heavy atom. The van der Waals surface area contributed by atoms with Crippen molar-refractivity contribution in [3.05, 3.63) is 63.4 Å². The summed E-state index contributed by atoms with van der Waals surface area (Å²) >= 11 is 4.77. The number of nitrogens with one attached hydrogen (secondary N) is 2. The van der Waals surface area contributed by atoms with Crippen LogP contribution in [0.15, 0.2) is 46.0 Å². The average molecular weight is 561 g/mol.